The van der Waals surface area contributed by atoms with Crippen LogP contribution in [0.1, 0.15) is 35.7 Å². The van der Waals surface area contributed by atoms with Crippen LogP contribution in [-0.2, 0) is 6.18 Å². The van der Waals surface area contributed by atoms with E-state index in [0.717, 1.165) is 25.2 Å². The largest absolute Gasteiger partial charge is 0.419 e. The molecule has 1 aliphatic heterocycles. The molecule has 4 atom stereocenters. The fourth-order valence-electron chi connectivity index (χ4n) is 4.93. The number of aromatic nitrogens is 4. The Morgan fingerprint density at radius 1 is 1.03 bits per heavy atom. The van der Waals surface area contributed by atoms with Gasteiger partial charge in [-0.1, -0.05) is 18.2 Å². The maximum Gasteiger partial charge on any atom is 0.419 e. The molecule has 0 spiro atoms. The van der Waals surface area contributed by atoms with Gasteiger partial charge in [-0.25, -0.2) is 19.9 Å². The third kappa shape index (κ3) is 3.90. The molecule has 3 heterocycles. The van der Waals surface area contributed by atoms with Gasteiger partial charge in [-0.3, -0.25) is 4.79 Å². The zero-order valence-electron chi connectivity index (χ0n) is 17.7. The first-order valence-corrected chi connectivity index (χ1v) is 10.7. The van der Waals surface area contributed by atoms with Gasteiger partial charge in [-0.15, -0.1) is 0 Å². The van der Waals surface area contributed by atoms with E-state index >= 15 is 0 Å². The molecule has 10 heteroatoms. The van der Waals surface area contributed by atoms with E-state index in [2.05, 4.69) is 25.3 Å². The van der Waals surface area contributed by atoms with Crippen molar-refractivity contribution in [3.8, 4) is 11.4 Å². The lowest BCUT2D eigenvalue weighted by molar-refractivity contribution is -0.138. The number of carbonyl (C=O) groups is 1. The highest BCUT2D eigenvalue weighted by molar-refractivity contribution is 6.00. The second-order valence-corrected chi connectivity index (χ2v) is 8.41. The molecule has 3 unspecified atom stereocenters. The van der Waals surface area contributed by atoms with E-state index in [0.29, 0.717) is 17.0 Å². The molecule has 0 radical (unpaired) electrons. The summed E-state index contributed by atoms with van der Waals surface area (Å²) >= 11 is 0. The van der Waals surface area contributed by atoms with Crippen LogP contribution >= 0.6 is 0 Å². The summed E-state index contributed by atoms with van der Waals surface area (Å²) in [5, 5.41) is 3.15. The van der Waals surface area contributed by atoms with E-state index in [1.54, 1.807) is 24.5 Å². The number of benzene rings is 1. The van der Waals surface area contributed by atoms with Gasteiger partial charge < -0.3 is 10.2 Å². The highest BCUT2D eigenvalue weighted by atomic mass is 19.4. The molecule has 1 amide bonds. The van der Waals surface area contributed by atoms with Crippen molar-refractivity contribution in [1.29, 1.82) is 0 Å². The minimum atomic E-state index is -4.49. The van der Waals surface area contributed by atoms with Crippen molar-refractivity contribution in [1.82, 2.24) is 24.8 Å². The van der Waals surface area contributed by atoms with Gasteiger partial charge in [0.2, 0.25) is 5.95 Å². The first-order valence-electron chi connectivity index (χ1n) is 10.7. The number of amides is 1. The monoisotopic (exact) mass is 454 g/mol. The van der Waals surface area contributed by atoms with Gasteiger partial charge in [-0.05, 0) is 37.8 Å². The topological polar surface area (TPSA) is 83.9 Å². The minimum absolute atomic E-state index is 0.0406. The number of nitrogens with one attached hydrogen (secondary N) is 1. The SMILES string of the molecule is CC1C2CC([C@@H](Nc3ncc(C(F)(F)F)cn3)C2)N1C(=O)c1ccccc1-c1ncccn1. The molecule has 2 bridgehead atoms. The Labute approximate surface area is 188 Å². The molecular formula is C23H21F3N6O. The van der Waals surface area contributed by atoms with E-state index < -0.39 is 11.7 Å². The average molecular weight is 454 g/mol. The Morgan fingerprint density at radius 3 is 2.39 bits per heavy atom. The lowest BCUT2D eigenvalue weighted by Gasteiger charge is -2.38. The van der Waals surface area contributed by atoms with Gasteiger partial charge in [0.05, 0.1) is 17.2 Å². The van der Waals surface area contributed by atoms with Gasteiger partial charge in [0.1, 0.15) is 0 Å². The smallest absolute Gasteiger partial charge is 0.349 e. The highest BCUT2D eigenvalue weighted by Crippen LogP contribution is 2.44. The molecule has 1 saturated carbocycles. The second-order valence-electron chi connectivity index (χ2n) is 8.41. The Bertz CT molecular complexity index is 1150. The standard InChI is InChI=1S/C23H21F3N6O/c1-13-14-9-18(31-22-29-11-15(12-30-22)23(24,25)26)19(10-14)32(13)21(33)17-6-3-2-5-16(17)20-27-7-4-8-28-20/h2-8,11-14,18-19H,9-10H2,1H3,(H,29,30,31)/t13?,14?,18-,19?/m0/s1. The Morgan fingerprint density at radius 2 is 1.73 bits per heavy atom. The quantitative estimate of drug-likeness (QED) is 0.640. The summed E-state index contributed by atoms with van der Waals surface area (Å²) in [6, 6.07) is 8.74. The summed E-state index contributed by atoms with van der Waals surface area (Å²) in [6.45, 7) is 2.04. The lowest BCUT2D eigenvalue weighted by atomic mass is 9.96. The maximum absolute atomic E-state index is 13.7. The predicted octanol–water partition coefficient (Wildman–Crippen LogP) is 4.06. The molecule has 2 aliphatic rings. The van der Waals surface area contributed by atoms with E-state index in [1.807, 2.05) is 30.0 Å². The van der Waals surface area contributed by atoms with Crippen molar-refractivity contribution in [3.05, 3.63) is 66.2 Å². The van der Waals surface area contributed by atoms with Crippen LogP contribution in [0.5, 0.6) is 0 Å². The molecule has 1 aromatic carbocycles. The highest BCUT2D eigenvalue weighted by Gasteiger charge is 2.51. The average Bonchev–Trinajstić information content (AvgIpc) is 3.36. The van der Waals surface area contributed by atoms with Crippen molar-refractivity contribution >= 4 is 11.9 Å². The number of anilines is 1. The number of halogens is 3. The van der Waals surface area contributed by atoms with Crippen molar-refractivity contribution < 1.29 is 18.0 Å². The number of piperidine rings is 1. The number of hydrogen-bond acceptors (Lipinski definition) is 6. The van der Waals surface area contributed by atoms with Crippen LogP contribution in [-0.4, -0.2) is 48.9 Å². The lowest BCUT2D eigenvalue weighted by Crippen LogP contribution is -2.51. The van der Waals surface area contributed by atoms with Gasteiger partial charge in [-0.2, -0.15) is 13.2 Å². The number of hydrogen-bond donors (Lipinski definition) is 1. The first-order chi connectivity index (χ1) is 15.8. The summed E-state index contributed by atoms with van der Waals surface area (Å²) in [4.78, 5) is 31.8. The summed E-state index contributed by atoms with van der Waals surface area (Å²) in [5.74, 6) is 0.772. The molecule has 1 aliphatic carbocycles. The van der Waals surface area contributed by atoms with E-state index in [-0.39, 0.29) is 35.9 Å². The second kappa shape index (κ2) is 8.09. The van der Waals surface area contributed by atoms with Crippen LogP contribution < -0.4 is 5.32 Å². The van der Waals surface area contributed by atoms with Gasteiger partial charge >= 0.3 is 6.18 Å². The van der Waals surface area contributed by atoms with Crippen LogP contribution in [0, 0.1) is 5.92 Å². The number of fused-ring (bicyclic) bond motifs is 2. The van der Waals surface area contributed by atoms with Gasteiger partial charge in [0, 0.05) is 42.4 Å². The molecule has 7 nitrogen and oxygen atoms in total. The molecule has 2 aromatic heterocycles. The van der Waals surface area contributed by atoms with Crippen LogP contribution in [0.4, 0.5) is 19.1 Å². The first kappa shape index (κ1) is 21.3. The number of rotatable bonds is 4. The number of likely N-dealkylation sites (tertiary alicyclic amines) is 1. The molecule has 1 saturated heterocycles. The number of nitrogens with zero attached hydrogens (tertiary/aromatic N) is 5. The number of carbonyl (C=O) groups excluding carboxylic acids is 1. The molecule has 2 fully saturated rings. The molecular weight excluding hydrogens is 433 g/mol. The van der Waals surface area contributed by atoms with Crippen molar-refractivity contribution in [2.24, 2.45) is 5.92 Å². The van der Waals surface area contributed by atoms with Crippen molar-refractivity contribution in [3.63, 3.8) is 0 Å². The summed E-state index contributed by atoms with van der Waals surface area (Å²) in [6.07, 6.45) is 1.93. The predicted molar refractivity (Wildman–Crippen MR) is 114 cm³/mol. The van der Waals surface area contributed by atoms with Crippen molar-refractivity contribution in [2.75, 3.05) is 5.32 Å². The van der Waals surface area contributed by atoms with E-state index in [9.17, 15) is 18.0 Å². The number of alkyl halides is 3. The van der Waals surface area contributed by atoms with E-state index in [4.69, 9.17) is 0 Å². The third-order valence-electron chi connectivity index (χ3n) is 6.54. The van der Waals surface area contributed by atoms with Crippen LogP contribution in [0.3, 0.4) is 0 Å². The fourth-order valence-corrected chi connectivity index (χ4v) is 4.93. The van der Waals surface area contributed by atoms with Crippen LogP contribution in [0.2, 0.25) is 0 Å². The third-order valence-corrected chi connectivity index (χ3v) is 6.54. The fraction of sp³-hybridized carbons (Fsp3) is 0.348. The van der Waals surface area contributed by atoms with Crippen LogP contribution in [0.15, 0.2) is 55.1 Å². The zero-order valence-corrected chi connectivity index (χ0v) is 17.7. The van der Waals surface area contributed by atoms with Gasteiger partial charge in [0.15, 0.2) is 5.82 Å². The molecule has 33 heavy (non-hydrogen) atoms. The molecule has 5 rings (SSSR count). The molecule has 3 aromatic rings. The summed E-state index contributed by atoms with van der Waals surface area (Å²) < 4.78 is 38.4. The summed E-state index contributed by atoms with van der Waals surface area (Å²) in [5.41, 5.74) is 0.285. The van der Waals surface area contributed by atoms with Crippen molar-refractivity contribution in [2.45, 2.75) is 44.1 Å². The zero-order chi connectivity index (χ0) is 23.2. The minimum Gasteiger partial charge on any atom is -0.349 e. The molecule has 1 N–H and O–H groups in total. The van der Waals surface area contributed by atoms with E-state index in [1.165, 1.54) is 0 Å². The van der Waals surface area contributed by atoms with Gasteiger partial charge in [0.25, 0.3) is 5.91 Å². The molecule has 170 valence electrons. The Kier molecular flexibility index (Phi) is 5.22. The maximum atomic E-state index is 13.7. The Hall–Kier alpha value is -3.56. The summed E-state index contributed by atoms with van der Waals surface area (Å²) in [7, 11) is 0. The normalized spacial score (nSPS) is 24.2. The Balaban J connectivity index is 1.39. The van der Waals surface area contributed by atoms with Crippen LogP contribution in [0.25, 0.3) is 11.4 Å².